The zero-order valence-corrected chi connectivity index (χ0v) is 16.6. The van der Waals surface area contributed by atoms with Crippen LogP contribution >= 0.6 is 0 Å². The van der Waals surface area contributed by atoms with Crippen molar-refractivity contribution in [1.82, 2.24) is 14.5 Å². The van der Waals surface area contributed by atoms with Crippen LogP contribution < -0.4 is 0 Å². The first-order chi connectivity index (χ1) is 12.5. The Bertz CT molecular complexity index is 961. The van der Waals surface area contributed by atoms with E-state index in [9.17, 15) is 0 Å². The molecule has 1 aromatic carbocycles. The van der Waals surface area contributed by atoms with Crippen LogP contribution in [0.5, 0.6) is 0 Å². The van der Waals surface area contributed by atoms with Crippen LogP contribution in [0.1, 0.15) is 78.3 Å². The van der Waals surface area contributed by atoms with E-state index in [4.69, 9.17) is 4.98 Å². The average Bonchev–Trinajstić information content (AvgIpc) is 3.25. The number of hydrogen-bond donors (Lipinski definition) is 0. The molecule has 0 saturated heterocycles. The number of aryl methyl sites for hydroxylation is 3. The van der Waals surface area contributed by atoms with E-state index in [2.05, 4.69) is 62.5 Å². The van der Waals surface area contributed by atoms with Gasteiger partial charge in [0.2, 0.25) is 0 Å². The van der Waals surface area contributed by atoms with Crippen molar-refractivity contribution in [2.75, 3.05) is 0 Å². The summed E-state index contributed by atoms with van der Waals surface area (Å²) in [5.41, 5.74) is 7.90. The first-order valence-electron chi connectivity index (χ1n) is 9.86. The second-order valence-corrected chi connectivity index (χ2v) is 8.00. The molecule has 0 amide bonds. The number of imidazole rings is 1. The molecule has 2 heterocycles. The minimum absolute atomic E-state index is 0.321. The van der Waals surface area contributed by atoms with E-state index >= 15 is 0 Å². The lowest BCUT2D eigenvalue weighted by atomic mass is 9.88. The van der Waals surface area contributed by atoms with Crippen LogP contribution in [-0.2, 0) is 7.05 Å². The molecule has 2 aromatic heterocycles. The van der Waals surface area contributed by atoms with Gasteiger partial charge < -0.3 is 4.57 Å². The molecule has 1 unspecified atom stereocenters. The van der Waals surface area contributed by atoms with E-state index in [1.165, 1.54) is 59.1 Å². The summed E-state index contributed by atoms with van der Waals surface area (Å²) in [5.74, 6) is 2.08. The van der Waals surface area contributed by atoms with Crippen LogP contribution in [-0.4, -0.2) is 14.5 Å². The Kier molecular flexibility index (Phi) is 4.34. The number of hydrogen-bond acceptors (Lipinski definition) is 2. The summed E-state index contributed by atoms with van der Waals surface area (Å²) < 4.78 is 2.19. The van der Waals surface area contributed by atoms with E-state index in [0.29, 0.717) is 11.8 Å². The Labute approximate surface area is 156 Å². The third kappa shape index (κ3) is 2.74. The number of nitrogens with zero attached hydrogens (tertiary/aromatic N) is 3. The van der Waals surface area contributed by atoms with Gasteiger partial charge in [0.1, 0.15) is 5.82 Å². The van der Waals surface area contributed by atoms with Crippen molar-refractivity contribution in [3.63, 3.8) is 0 Å². The summed E-state index contributed by atoms with van der Waals surface area (Å²) in [7, 11) is 2.10. The van der Waals surface area contributed by atoms with E-state index in [1.807, 2.05) is 6.20 Å². The summed E-state index contributed by atoms with van der Waals surface area (Å²) in [6.07, 6.45) is 7.36. The number of pyridine rings is 1. The second-order valence-electron chi connectivity index (χ2n) is 8.00. The summed E-state index contributed by atoms with van der Waals surface area (Å²) in [6.45, 7) is 8.82. The smallest absolute Gasteiger partial charge is 0.105 e. The van der Waals surface area contributed by atoms with Gasteiger partial charge >= 0.3 is 0 Å². The van der Waals surface area contributed by atoms with Gasteiger partial charge in [-0.25, -0.2) is 4.98 Å². The second kappa shape index (κ2) is 6.53. The van der Waals surface area contributed by atoms with Crippen LogP contribution in [0.4, 0.5) is 0 Å². The van der Waals surface area contributed by atoms with Gasteiger partial charge in [-0.3, -0.25) is 4.98 Å². The fraction of sp³-hybridized carbons (Fsp3) is 0.478. The molecule has 3 heteroatoms. The minimum atomic E-state index is 0.321. The SMILES string of the molecule is Cc1nc2ccc(C(C)c3cnc(C)n3C)cc2c(C)c1C1CCCC1. The summed E-state index contributed by atoms with van der Waals surface area (Å²) in [5, 5.41) is 1.32. The first-order valence-corrected chi connectivity index (χ1v) is 9.86. The lowest BCUT2D eigenvalue weighted by molar-refractivity contribution is 0.708. The van der Waals surface area contributed by atoms with Crippen LogP contribution in [0.25, 0.3) is 10.9 Å². The Hall–Kier alpha value is -2.16. The van der Waals surface area contributed by atoms with Gasteiger partial charge in [-0.05, 0) is 68.4 Å². The average molecular weight is 348 g/mol. The fourth-order valence-corrected chi connectivity index (χ4v) is 4.79. The highest BCUT2D eigenvalue weighted by molar-refractivity contribution is 5.84. The monoisotopic (exact) mass is 347 g/mol. The van der Waals surface area contributed by atoms with Gasteiger partial charge in [0.05, 0.1) is 5.52 Å². The van der Waals surface area contributed by atoms with Crippen molar-refractivity contribution in [3.8, 4) is 0 Å². The molecule has 3 nitrogen and oxygen atoms in total. The third-order valence-electron chi connectivity index (χ3n) is 6.47. The van der Waals surface area contributed by atoms with E-state index < -0.39 is 0 Å². The van der Waals surface area contributed by atoms with Crippen molar-refractivity contribution in [1.29, 1.82) is 0 Å². The largest absolute Gasteiger partial charge is 0.335 e. The molecular weight excluding hydrogens is 318 g/mol. The summed E-state index contributed by atoms with van der Waals surface area (Å²) in [4.78, 5) is 9.43. The molecule has 3 aromatic rings. The maximum atomic E-state index is 4.96. The Morgan fingerprint density at radius 3 is 2.50 bits per heavy atom. The molecule has 0 aliphatic heterocycles. The van der Waals surface area contributed by atoms with Gasteiger partial charge in [0.25, 0.3) is 0 Å². The Morgan fingerprint density at radius 1 is 1.12 bits per heavy atom. The maximum absolute atomic E-state index is 4.96. The lowest BCUT2D eigenvalue weighted by Crippen LogP contribution is -2.06. The molecule has 1 saturated carbocycles. The van der Waals surface area contributed by atoms with Crippen LogP contribution in [0.2, 0.25) is 0 Å². The first kappa shape index (κ1) is 17.3. The number of rotatable bonds is 3. The number of benzene rings is 1. The predicted molar refractivity (Wildman–Crippen MR) is 108 cm³/mol. The van der Waals surface area contributed by atoms with Crippen LogP contribution in [0.3, 0.4) is 0 Å². The van der Waals surface area contributed by atoms with Crippen LogP contribution in [0, 0.1) is 20.8 Å². The number of fused-ring (bicyclic) bond motifs is 1. The highest BCUT2D eigenvalue weighted by atomic mass is 15.1. The van der Waals surface area contributed by atoms with Gasteiger partial charge in [-0.2, -0.15) is 0 Å². The molecule has 1 aliphatic rings. The lowest BCUT2D eigenvalue weighted by Gasteiger charge is -2.19. The van der Waals surface area contributed by atoms with Crippen molar-refractivity contribution in [3.05, 3.63) is 58.3 Å². The predicted octanol–water partition coefficient (Wildman–Crippen LogP) is 5.70. The number of aromatic nitrogens is 3. The molecule has 0 N–H and O–H groups in total. The van der Waals surface area contributed by atoms with Crippen molar-refractivity contribution >= 4 is 10.9 Å². The molecule has 1 aliphatic carbocycles. The van der Waals surface area contributed by atoms with Crippen molar-refractivity contribution in [2.24, 2.45) is 7.05 Å². The van der Waals surface area contributed by atoms with E-state index in [-0.39, 0.29) is 0 Å². The fourth-order valence-electron chi connectivity index (χ4n) is 4.79. The molecule has 0 spiro atoms. The van der Waals surface area contributed by atoms with E-state index in [0.717, 1.165) is 11.3 Å². The molecular formula is C23H29N3. The van der Waals surface area contributed by atoms with Gasteiger partial charge in [-0.15, -0.1) is 0 Å². The van der Waals surface area contributed by atoms with Crippen molar-refractivity contribution < 1.29 is 0 Å². The molecule has 1 atom stereocenters. The zero-order chi connectivity index (χ0) is 18.4. The Morgan fingerprint density at radius 2 is 1.85 bits per heavy atom. The quantitative estimate of drug-likeness (QED) is 0.608. The van der Waals surface area contributed by atoms with Gasteiger partial charge in [0, 0.05) is 35.9 Å². The topological polar surface area (TPSA) is 30.7 Å². The highest BCUT2D eigenvalue weighted by Gasteiger charge is 2.23. The van der Waals surface area contributed by atoms with Gasteiger partial charge in [-0.1, -0.05) is 25.8 Å². The van der Waals surface area contributed by atoms with E-state index in [1.54, 1.807) is 0 Å². The maximum Gasteiger partial charge on any atom is 0.105 e. The minimum Gasteiger partial charge on any atom is -0.335 e. The highest BCUT2D eigenvalue weighted by Crippen LogP contribution is 2.39. The summed E-state index contributed by atoms with van der Waals surface area (Å²) >= 11 is 0. The normalized spacial score (nSPS) is 16.5. The van der Waals surface area contributed by atoms with Crippen LogP contribution in [0.15, 0.2) is 24.4 Å². The van der Waals surface area contributed by atoms with Gasteiger partial charge in [0.15, 0.2) is 0 Å². The van der Waals surface area contributed by atoms with Crippen molar-refractivity contribution in [2.45, 2.75) is 65.2 Å². The molecule has 0 radical (unpaired) electrons. The zero-order valence-electron chi connectivity index (χ0n) is 16.6. The molecule has 1 fully saturated rings. The molecule has 0 bridgehead atoms. The Balaban J connectivity index is 1.82. The summed E-state index contributed by atoms with van der Waals surface area (Å²) in [6, 6.07) is 6.79. The third-order valence-corrected chi connectivity index (χ3v) is 6.47. The molecule has 136 valence electrons. The molecule has 4 rings (SSSR count). The molecule has 26 heavy (non-hydrogen) atoms. The standard InChI is InChI=1S/C23H29N3/c1-14(22-13-24-17(4)26(22)5)19-10-11-21-20(12-19)15(2)23(16(3)25-21)18-8-6-7-9-18/h10-14,18H,6-9H2,1-5H3.